The van der Waals surface area contributed by atoms with Gasteiger partial charge >= 0.3 is 12.1 Å². The zero-order valence-corrected chi connectivity index (χ0v) is 21.6. The van der Waals surface area contributed by atoms with Crippen LogP contribution in [0.5, 0.6) is 0 Å². The average Bonchev–Trinajstić information content (AvgIpc) is 2.90. The Labute approximate surface area is 218 Å². The molecular weight excluding hydrogens is 476 g/mol. The molecule has 11 heteroatoms. The van der Waals surface area contributed by atoms with Crippen LogP contribution in [0.2, 0.25) is 0 Å². The van der Waals surface area contributed by atoms with Crippen molar-refractivity contribution in [1.82, 2.24) is 25.6 Å². The number of urea groups is 1. The maximum atomic E-state index is 13.2. The number of carbonyl (C=O) groups excluding carboxylic acids is 4. The Bertz CT molecular complexity index is 972. The highest BCUT2D eigenvalue weighted by Gasteiger charge is 2.28. The smallest absolute Gasteiger partial charge is 0.421 e. The van der Waals surface area contributed by atoms with E-state index >= 15 is 0 Å². The highest BCUT2D eigenvalue weighted by molar-refractivity contribution is 6.06. The third kappa shape index (κ3) is 7.42. The number of imide groups is 1. The molecule has 37 heavy (non-hydrogen) atoms. The zero-order chi connectivity index (χ0) is 26.2. The van der Waals surface area contributed by atoms with Gasteiger partial charge in [-0.05, 0) is 43.4 Å². The van der Waals surface area contributed by atoms with Crippen LogP contribution in [0, 0.1) is 5.92 Å². The number of amides is 5. The summed E-state index contributed by atoms with van der Waals surface area (Å²) >= 11 is 0. The molecule has 0 saturated carbocycles. The summed E-state index contributed by atoms with van der Waals surface area (Å²) in [5.74, 6) is 0.243. The lowest BCUT2D eigenvalue weighted by molar-refractivity contribution is -0.120. The molecule has 1 aromatic rings. The molecule has 4 rings (SSSR count). The molecule has 202 valence electrons. The Hall–Kier alpha value is -3.18. The molecule has 3 fully saturated rings. The van der Waals surface area contributed by atoms with Gasteiger partial charge < -0.3 is 9.64 Å². The molecule has 0 aromatic heterocycles. The summed E-state index contributed by atoms with van der Waals surface area (Å²) in [6, 6.07) is 6.59. The van der Waals surface area contributed by atoms with E-state index in [1.165, 1.54) is 4.90 Å². The molecule has 3 aliphatic rings. The van der Waals surface area contributed by atoms with Gasteiger partial charge in [0, 0.05) is 70.0 Å². The van der Waals surface area contributed by atoms with E-state index in [1.807, 2.05) is 9.91 Å². The summed E-state index contributed by atoms with van der Waals surface area (Å²) in [6.07, 6.45) is 3.77. The molecular formula is C26H38N6O5. The van der Waals surface area contributed by atoms with E-state index in [2.05, 4.69) is 22.6 Å². The molecule has 0 aliphatic carbocycles. The van der Waals surface area contributed by atoms with Gasteiger partial charge in [0.2, 0.25) is 5.91 Å². The molecule has 3 aliphatic heterocycles. The fourth-order valence-corrected chi connectivity index (χ4v) is 5.00. The minimum Gasteiger partial charge on any atom is -0.449 e. The molecule has 0 radical (unpaired) electrons. The van der Waals surface area contributed by atoms with Crippen LogP contribution in [-0.2, 0) is 9.53 Å². The number of piperazine rings is 1. The van der Waals surface area contributed by atoms with Crippen LogP contribution >= 0.6 is 0 Å². The van der Waals surface area contributed by atoms with Crippen molar-refractivity contribution >= 4 is 29.6 Å². The predicted molar refractivity (Wildman–Crippen MR) is 138 cm³/mol. The quantitative estimate of drug-likeness (QED) is 0.510. The van der Waals surface area contributed by atoms with Gasteiger partial charge in [-0.2, -0.15) is 0 Å². The SMILES string of the molecule is CCCCOC(=O)NN1CCC(CN2CCN(C(=O)c3cccc(N4CCC(=O)NC4=O)c3)CC2)CC1. The normalized spacial score (nSPS) is 20.0. The number of hydrogen-bond acceptors (Lipinski definition) is 7. The van der Waals surface area contributed by atoms with Crippen molar-refractivity contribution in [1.29, 1.82) is 0 Å². The lowest BCUT2D eigenvalue weighted by Gasteiger charge is -2.38. The summed E-state index contributed by atoms with van der Waals surface area (Å²) in [7, 11) is 0. The number of anilines is 1. The van der Waals surface area contributed by atoms with E-state index < -0.39 is 6.03 Å². The fraction of sp³-hybridized carbons (Fsp3) is 0.615. The van der Waals surface area contributed by atoms with Gasteiger partial charge in [-0.15, -0.1) is 0 Å². The number of carbonyl (C=O) groups is 4. The zero-order valence-electron chi connectivity index (χ0n) is 21.6. The monoisotopic (exact) mass is 514 g/mol. The number of ether oxygens (including phenoxy) is 1. The molecule has 2 N–H and O–H groups in total. The van der Waals surface area contributed by atoms with Crippen LogP contribution in [-0.4, -0.2) is 97.7 Å². The Morgan fingerprint density at radius 1 is 1.05 bits per heavy atom. The molecule has 3 saturated heterocycles. The highest BCUT2D eigenvalue weighted by atomic mass is 16.6. The van der Waals surface area contributed by atoms with Crippen LogP contribution in [0.1, 0.15) is 49.4 Å². The van der Waals surface area contributed by atoms with Crippen molar-refractivity contribution in [3.8, 4) is 0 Å². The predicted octanol–water partition coefficient (Wildman–Crippen LogP) is 2.04. The molecule has 0 spiro atoms. The fourth-order valence-electron chi connectivity index (χ4n) is 5.00. The Kier molecular flexibility index (Phi) is 9.34. The van der Waals surface area contributed by atoms with Gasteiger partial charge in [-0.1, -0.05) is 19.4 Å². The number of unbranched alkanes of at least 4 members (excludes halogenated alkanes) is 1. The molecule has 1 aromatic carbocycles. The Morgan fingerprint density at radius 3 is 2.51 bits per heavy atom. The van der Waals surface area contributed by atoms with E-state index in [0.717, 1.165) is 58.4 Å². The third-order valence-corrected chi connectivity index (χ3v) is 7.23. The molecule has 5 amide bonds. The number of nitrogens with one attached hydrogen (secondary N) is 2. The van der Waals surface area contributed by atoms with E-state index in [0.29, 0.717) is 43.4 Å². The van der Waals surface area contributed by atoms with Crippen molar-refractivity contribution in [2.75, 3.05) is 63.9 Å². The standard InChI is InChI=1S/C26H38N6O5/c1-2-3-17-37-26(36)28-31-10-7-20(8-11-31)19-29-13-15-30(16-14-29)24(34)21-5-4-6-22(18-21)32-12-9-23(33)27-25(32)35/h4-6,18,20H,2-3,7-17,19H2,1H3,(H,28,36)(H,27,33,35). The van der Waals surface area contributed by atoms with Gasteiger partial charge in [0.05, 0.1) is 6.61 Å². The van der Waals surface area contributed by atoms with Crippen molar-refractivity contribution in [2.45, 2.75) is 39.0 Å². The molecule has 0 atom stereocenters. The van der Waals surface area contributed by atoms with Crippen molar-refractivity contribution < 1.29 is 23.9 Å². The van der Waals surface area contributed by atoms with Crippen LogP contribution in [0.4, 0.5) is 15.3 Å². The van der Waals surface area contributed by atoms with E-state index in [1.54, 1.807) is 24.3 Å². The topological polar surface area (TPSA) is 115 Å². The first-order valence-electron chi connectivity index (χ1n) is 13.3. The van der Waals surface area contributed by atoms with E-state index in [9.17, 15) is 19.2 Å². The maximum Gasteiger partial charge on any atom is 0.421 e. The number of rotatable bonds is 8. The number of hydrogen-bond donors (Lipinski definition) is 2. The second-order valence-electron chi connectivity index (χ2n) is 9.93. The van der Waals surface area contributed by atoms with Crippen LogP contribution in [0.25, 0.3) is 0 Å². The van der Waals surface area contributed by atoms with Crippen molar-refractivity contribution in [3.05, 3.63) is 29.8 Å². The molecule has 0 bridgehead atoms. The summed E-state index contributed by atoms with van der Waals surface area (Å²) in [4.78, 5) is 54.4. The summed E-state index contributed by atoms with van der Waals surface area (Å²) in [6.45, 7) is 8.40. The Morgan fingerprint density at radius 2 is 1.81 bits per heavy atom. The van der Waals surface area contributed by atoms with Crippen LogP contribution < -0.4 is 15.6 Å². The third-order valence-electron chi connectivity index (χ3n) is 7.23. The van der Waals surface area contributed by atoms with E-state index in [4.69, 9.17) is 4.74 Å². The van der Waals surface area contributed by atoms with Gasteiger partial charge in [-0.3, -0.25) is 30.1 Å². The highest BCUT2D eigenvalue weighted by Crippen LogP contribution is 2.21. The Balaban J connectivity index is 1.19. The van der Waals surface area contributed by atoms with Crippen molar-refractivity contribution in [2.24, 2.45) is 5.92 Å². The summed E-state index contributed by atoms with van der Waals surface area (Å²) in [5.41, 5.74) is 4.00. The van der Waals surface area contributed by atoms with Gasteiger partial charge in [-0.25, -0.2) is 14.6 Å². The van der Waals surface area contributed by atoms with Gasteiger partial charge in [0.1, 0.15) is 0 Å². The van der Waals surface area contributed by atoms with Gasteiger partial charge in [0.25, 0.3) is 5.91 Å². The summed E-state index contributed by atoms with van der Waals surface area (Å²) < 4.78 is 5.18. The first kappa shape index (κ1) is 26.9. The lowest BCUT2D eigenvalue weighted by Crippen LogP contribution is -2.52. The number of benzene rings is 1. The first-order chi connectivity index (χ1) is 17.9. The maximum absolute atomic E-state index is 13.2. The average molecular weight is 515 g/mol. The van der Waals surface area contributed by atoms with E-state index in [-0.39, 0.29) is 24.3 Å². The van der Waals surface area contributed by atoms with Gasteiger partial charge in [0.15, 0.2) is 0 Å². The molecule has 3 heterocycles. The molecule has 0 unspecified atom stereocenters. The lowest BCUT2D eigenvalue weighted by atomic mass is 9.97. The number of nitrogens with zero attached hydrogens (tertiary/aromatic N) is 4. The van der Waals surface area contributed by atoms with Crippen LogP contribution in [0.3, 0.4) is 0 Å². The number of hydrazine groups is 1. The van der Waals surface area contributed by atoms with Crippen molar-refractivity contribution in [3.63, 3.8) is 0 Å². The largest absolute Gasteiger partial charge is 0.449 e. The second kappa shape index (κ2) is 12.9. The van der Waals surface area contributed by atoms with Crippen LogP contribution in [0.15, 0.2) is 24.3 Å². The molecule has 11 nitrogen and oxygen atoms in total. The summed E-state index contributed by atoms with van der Waals surface area (Å²) in [5, 5.41) is 4.26. The minimum atomic E-state index is -0.456. The minimum absolute atomic E-state index is 0.0415. The number of piperidine rings is 1. The second-order valence-corrected chi connectivity index (χ2v) is 9.93. The first-order valence-corrected chi connectivity index (χ1v) is 13.3.